The van der Waals surface area contributed by atoms with Crippen molar-refractivity contribution in [1.82, 2.24) is 14.5 Å². The van der Waals surface area contributed by atoms with E-state index in [0.717, 1.165) is 89.4 Å². The number of rotatable bonds is 5. The fraction of sp³-hybridized carbons (Fsp3) is 0.311. The van der Waals surface area contributed by atoms with Gasteiger partial charge >= 0.3 is 0 Å². The predicted octanol–water partition coefficient (Wildman–Crippen LogP) is 16.1. The number of nitrogens with zero attached hydrogens (tertiary/aromatic N) is 3. The average Bonchev–Trinajstić information content (AvgIpc) is 3.64. The zero-order chi connectivity index (χ0) is 47.3. The molecule has 0 saturated heterocycles. The summed E-state index contributed by atoms with van der Waals surface area (Å²) in [5.74, 6) is 1.68. The van der Waals surface area contributed by atoms with E-state index in [4.69, 9.17) is 14.7 Å². The molecule has 0 radical (unpaired) electrons. The Morgan fingerprint density at radius 3 is 1.85 bits per heavy atom. The Labute approximate surface area is 413 Å². The minimum Gasteiger partial charge on any atom is -0.507 e. The number of imidazole rings is 1. The van der Waals surface area contributed by atoms with E-state index in [1.165, 1.54) is 5.56 Å². The molecule has 1 aliphatic rings. The second-order valence-electron chi connectivity index (χ2n) is 22.9. The molecule has 0 atom stereocenters. The number of para-hydroxylation sites is 1. The first kappa shape index (κ1) is 47.7. The number of benzene rings is 6. The van der Waals surface area contributed by atoms with Gasteiger partial charge in [-0.2, -0.15) is 0 Å². The maximum Gasteiger partial charge on any atom is 0.148 e. The maximum atomic E-state index is 12.6. The Bertz CT molecular complexity index is 3180. The first-order valence-corrected chi connectivity index (χ1v) is 23.4. The summed E-state index contributed by atoms with van der Waals surface area (Å²) in [7, 11) is 0. The zero-order valence-electron chi connectivity index (χ0n) is 41.6. The maximum absolute atomic E-state index is 12.6. The standard InChI is InChI=1S/C61H64N3O2.Pt/c1-57(2,3)40-27-28-50(46(34-40)37-21-16-15-17-22-37)64-51-26-20-24-43(53(51)63-56(64)47-35-42(59(7,8)9)36-49(54(47)65)60(10,11)12)38-31-39(33-41(32-38)58(4,5)6)52-55-45(29-30-62-52)44-23-18-19-25-48(44)61(13,14)66-55;/h15-30,32-36,65H,1-14H3;/q-1;. The molecule has 6 heteroatoms. The fourth-order valence-corrected chi connectivity index (χ4v) is 9.38. The zero-order valence-corrected chi connectivity index (χ0v) is 43.9. The van der Waals surface area contributed by atoms with Crippen LogP contribution in [0.3, 0.4) is 0 Å². The van der Waals surface area contributed by atoms with Crippen molar-refractivity contribution in [3.8, 4) is 73.2 Å². The van der Waals surface area contributed by atoms with Crippen molar-refractivity contribution in [2.45, 2.75) is 124 Å². The molecule has 5 nitrogen and oxygen atoms in total. The molecule has 0 saturated carbocycles. The second-order valence-corrected chi connectivity index (χ2v) is 22.9. The third-order valence-electron chi connectivity index (χ3n) is 13.3. The molecule has 0 bridgehead atoms. The number of phenolic OH excluding ortho intramolecular Hbond substituents is 1. The van der Waals surface area contributed by atoms with Crippen LogP contribution in [0.25, 0.3) is 72.7 Å². The monoisotopic (exact) mass is 1070 g/mol. The van der Waals surface area contributed by atoms with Crippen molar-refractivity contribution in [2.75, 3.05) is 0 Å². The molecule has 8 aromatic rings. The first-order valence-electron chi connectivity index (χ1n) is 23.4. The van der Waals surface area contributed by atoms with E-state index in [2.05, 4.69) is 229 Å². The smallest absolute Gasteiger partial charge is 0.148 e. The van der Waals surface area contributed by atoms with E-state index < -0.39 is 5.60 Å². The molecule has 1 aliphatic heterocycles. The van der Waals surface area contributed by atoms with E-state index in [1.807, 2.05) is 6.20 Å². The van der Waals surface area contributed by atoms with Gasteiger partial charge in [0.25, 0.3) is 0 Å². The van der Waals surface area contributed by atoms with Gasteiger partial charge in [0.2, 0.25) is 0 Å². The van der Waals surface area contributed by atoms with E-state index >= 15 is 0 Å². The van der Waals surface area contributed by atoms with E-state index in [9.17, 15) is 5.11 Å². The van der Waals surface area contributed by atoms with Gasteiger partial charge in [-0.3, -0.25) is 9.55 Å². The molecular weight excluding hydrogens is 1000 g/mol. The molecule has 67 heavy (non-hydrogen) atoms. The normalized spacial score (nSPS) is 13.7. The van der Waals surface area contributed by atoms with Crippen molar-refractivity contribution in [1.29, 1.82) is 0 Å². The molecule has 9 rings (SSSR count). The molecule has 0 spiro atoms. The molecule has 2 aromatic heterocycles. The van der Waals surface area contributed by atoms with Gasteiger partial charge < -0.3 is 9.84 Å². The van der Waals surface area contributed by atoms with Crippen LogP contribution in [-0.4, -0.2) is 19.6 Å². The minimum absolute atomic E-state index is 0. The summed E-state index contributed by atoms with van der Waals surface area (Å²) < 4.78 is 9.20. The molecule has 0 aliphatic carbocycles. The Morgan fingerprint density at radius 1 is 0.567 bits per heavy atom. The van der Waals surface area contributed by atoms with E-state index in [0.29, 0.717) is 11.4 Å². The summed E-state index contributed by atoms with van der Waals surface area (Å²) in [4.78, 5) is 10.7. The number of pyridine rings is 1. The van der Waals surface area contributed by atoms with Crippen LogP contribution in [-0.2, 0) is 48.3 Å². The number of hydrogen-bond donors (Lipinski definition) is 1. The van der Waals surface area contributed by atoms with Crippen LogP contribution < -0.4 is 4.74 Å². The third-order valence-corrected chi connectivity index (χ3v) is 13.3. The van der Waals surface area contributed by atoms with Crippen LogP contribution >= 0.6 is 0 Å². The SMILES string of the molecule is CC(C)(C)c1cc(-c2nccc3c2OC(C)(C)c2ccccc2-3)[c-]c(-c2cccc3c2nc(-c2cc(C(C)(C)C)cc(C(C)(C)C)c2O)n3-c2ccc(C(C)(C)C)cc2-c2ccccc2)c1.[Pt]. The quantitative estimate of drug-likeness (QED) is 0.175. The number of ether oxygens (including phenoxy) is 1. The van der Waals surface area contributed by atoms with Crippen LogP contribution in [0.15, 0.2) is 128 Å². The van der Waals surface area contributed by atoms with Crippen molar-refractivity contribution in [3.63, 3.8) is 0 Å². The summed E-state index contributed by atoms with van der Waals surface area (Å²) in [6.07, 6.45) is 1.89. The fourth-order valence-electron chi connectivity index (χ4n) is 9.38. The van der Waals surface area contributed by atoms with Gasteiger partial charge in [-0.15, -0.1) is 29.3 Å². The van der Waals surface area contributed by atoms with Gasteiger partial charge in [0.15, 0.2) is 0 Å². The summed E-state index contributed by atoms with van der Waals surface area (Å²) in [5.41, 5.74) is 15.4. The molecule has 1 N–H and O–H groups in total. The average molecular weight is 1070 g/mol. The van der Waals surface area contributed by atoms with Crippen LogP contribution in [0.1, 0.15) is 125 Å². The molecule has 3 heterocycles. The molecule has 0 unspecified atom stereocenters. The van der Waals surface area contributed by atoms with Gasteiger partial charge in [-0.25, -0.2) is 4.98 Å². The third kappa shape index (κ3) is 8.70. The Kier molecular flexibility index (Phi) is 11.9. The first-order chi connectivity index (χ1) is 30.9. The number of aromatic nitrogens is 3. The molecule has 0 amide bonds. The number of aromatic hydroxyl groups is 1. The Balaban J connectivity index is 0.00000608. The number of fused-ring (bicyclic) bond motifs is 4. The summed E-state index contributed by atoms with van der Waals surface area (Å²) in [6.45, 7) is 31.0. The minimum atomic E-state index is -0.562. The Hall–Kier alpha value is -5.77. The van der Waals surface area contributed by atoms with Gasteiger partial charge in [-0.1, -0.05) is 173 Å². The topological polar surface area (TPSA) is 60.2 Å². The Morgan fingerprint density at radius 2 is 1.18 bits per heavy atom. The van der Waals surface area contributed by atoms with Gasteiger partial charge in [0.1, 0.15) is 22.9 Å². The predicted molar refractivity (Wildman–Crippen MR) is 275 cm³/mol. The summed E-state index contributed by atoms with van der Waals surface area (Å²) in [5, 5.41) is 12.6. The van der Waals surface area contributed by atoms with Crippen LogP contribution in [0.5, 0.6) is 11.5 Å². The van der Waals surface area contributed by atoms with Crippen molar-refractivity contribution in [2.24, 2.45) is 0 Å². The summed E-state index contributed by atoms with van der Waals surface area (Å²) in [6, 6.07) is 47.1. The molecular formula is C61H64N3O2Pt-. The molecule has 6 aromatic carbocycles. The van der Waals surface area contributed by atoms with E-state index in [1.54, 1.807) is 0 Å². The van der Waals surface area contributed by atoms with Gasteiger partial charge in [-0.05, 0) is 88.1 Å². The van der Waals surface area contributed by atoms with Crippen molar-refractivity contribution >= 4 is 11.0 Å². The van der Waals surface area contributed by atoms with Gasteiger partial charge in [0, 0.05) is 55.2 Å². The van der Waals surface area contributed by atoms with Crippen LogP contribution in [0, 0.1) is 6.07 Å². The molecule has 0 fully saturated rings. The van der Waals surface area contributed by atoms with Crippen molar-refractivity contribution < 1.29 is 30.9 Å². The summed E-state index contributed by atoms with van der Waals surface area (Å²) >= 11 is 0. The van der Waals surface area contributed by atoms with Crippen LogP contribution in [0.4, 0.5) is 0 Å². The van der Waals surface area contributed by atoms with Crippen molar-refractivity contribution in [3.05, 3.63) is 161 Å². The number of phenols is 1. The molecule has 346 valence electrons. The van der Waals surface area contributed by atoms with Gasteiger partial charge in [0.05, 0.1) is 22.3 Å². The van der Waals surface area contributed by atoms with Crippen LogP contribution in [0.2, 0.25) is 0 Å². The van der Waals surface area contributed by atoms with E-state index in [-0.39, 0.29) is 48.5 Å². The largest absolute Gasteiger partial charge is 0.507 e. The second kappa shape index (κ2) is 16.8. The number of hydrogen-bond acceptors (Lipinski definition) is 4.